The Morgan fingerprint density at radius 3 is 2.57 bits per heavy atom. The molecule has 1 aliphatic heterocycles. The molecular formula is C23H29N3OS. The number of nitrogens with one attached hydrogen (secondary N) is 2. The summed E-state index contributed by atoms with van der Waals surface area (Å²) in [6, 6.07) is 12.7. The molecule has 4 nitrogen and oxygen atoms in total. The van der Waals surface area contributed by atoms with Crippen molar-refractivity contribution in [2.75, 3.05) is 16.8 Å². The number of hydrogen-bond acceptors (Lipinski definition) is 2. The monoisotopic (exact) mass is 395 g/mol. The molecule has 0 unspecified atom stereocenters. The van der Waals surface area contributed by atoms with Gasteiger partial charge >= 0.3 is 0 Å². The molecule has 1 fully saturated rings. The van der Waals surface area contributed by atoms with Crippen LogP contribution >= 0.6 is 12.2 Å². The molecule has 3 rings (SSSR count). The Morgan fingerprint density at radius 1 is 1.14 bits per heavy atom. The third-order valence-electron chi connectivity index (χ3n) is 5.35. The Bertz CT molecular complexity index is 893. The fourth-order valence-electron chi connectivity index (χ4n) is 3.82. The van der Waals surface area contributed by atoms with Crippen LogP contribution in [-0.4, -0.2) is 17.6 Å². The van der Waals surface area contributed by atoms with Gasteiger partial charge in [0.15, 0.2) is 5.11 Å². The van der Waals surface area contributed by atoms with Gasteiger partial charge in [-0.2, -0.15) is 0 Å². The number of thiocarbonyl (C=S) groups is 1. The van der Waals surface area contributed by atoms with Crippen LogP contribution in [0.25, 0.3) is 0 Å². The van der Waals surface area contributed by atoms with Gasteiger partial charge in [-0.3, -0.25) is 4.79 Å². The fourth-order valence-corrected chi connectivity index (χ4v) is 4.08. The van der Waals surface area contributed by atoms with E-state index in [9.17, 15) is 4.79 Å². The van der Waals surface area contributed by atoms with Crippen molar-refractivity contribution in [2.24, 2.45) is 0 Å². The van der Waals surface area contributed by atoms with E-state index >= 15 is 0 Å². The second kappa shape index (κ2) is 8.74. The molecule has 28 heavy (non-hydrogen) atoms. The van der Waals surface area contributed by atoms with Crippen molar-refractivity contribution in [3.8, 4) is 0 Å². The van der Waals surface area contributed by atoms with Crippen LogP contribution in [0.3, 0.4) is 0 Å². The number of aryl methyl sites for hydroxylation is 3. The molecule has 5 heteroatoms. The Kier molecular flexibility index (Phi) is 6.35. The molecule has 1 aliphatic rings. The second-order valence-corrected chi connectivity index (χ2v) is 7.98. The van der Waals surface area contributed by atoms with Crippen LogP contribution in [0.5, 0.6) is 0 Å². The molecular weight excluding hydrogens is 366 g/mol. The quantitative estimate of drug-likeness (QED) is 0.685. The molecule has 2 N–H and O–H groups in total. The van der Waals surface area contributed by atoms with E-state index in [-0.39, 0.29) is 11.9 Å². The lowest BCUT2D eigenvalue weighted by atomic mass is 9.98. The SMILES string of the molecule is CC[C@H](NC(=S)Nc1ccc(C)c(N2CCCC2=O)c1)c1ccc(C)cc1C. The normalized spacial score (nSPS) is 14.9. The van der Waals surface area contributed by atoms with Crippen LogP contribution in [-0.2, 0) is 4.79 Å². The average Bonchev–Trinajstić information content (AvgIpc) is 3.07. The second-order valence-electron chi connectivity index (χ2n) is 7.57. The number of benzene rings is 2. The third-order valence-corrected chi connectivity index (χ3v) is 5.57. The molecule has 0 bridgehead atoms. The predicted octanol–water partition coefficient (Wildman–Crippen LogP) is 5.18. The van der Waals surface area contributed by atoms with E-state index in [0.29, 0.717) is 11.5 Å². The minimum Gasteiger partial charge on any atom is -0.356 e. The first-order chi connectivity index (χ1) is 13.4. The number of carbonyl (C=O) groups excluding carboxylic acids is 1. The van der Waals surface area contributed by atoms with Gasteiger partial charge in [-0.05, 0) is 74.7 Å². The Hall–Kier alpha value is -2.40. The number of nitrogens with zero attached hydrogens (tertiary/aromatic N) is 1. The smallest absolute Gasteiger partial charge is 0.227 e. The first-order valence-electron chi connectivity index (χ1n) is 9.94. The summed E-state index contributed by atoms with van der Waals surface area (Å²) in [6.07, 6.45) is 2.49. The number of hydrogen-bond donors (Lipinski definition) is 2. The molecule has 1 heterocycles. The highest BCUT2D eigenvalue weighted by atomic mass is 32.1. The molecule has 0 spiro atoms. The summed E-state index contributed by atoms with van der Waals surface area (Å²) in [5.41, 5.74) is 6.77. The lowest BCUT2D eigenvalue weighted by molar-refractivity contribution is -0.117. The highest BCUT2D eigenvalue weighted by Crippen LogP contribution is 2.28. The Labute approximate surface area is 173 Å². The van der Waals surface area contributed by atoms with Crippen molar-refractivity contribution in [1.82, 2.24) is 5.32 Å². The third kappa shape index (κ3) is 4.53. The zero-order chi connectivity index (χ0) is 20.3. The van der Waals surface area contributed by atoms with Crippen molar-refractivity contribution >= 4 is 34.6 Å². The van der Waals surface area contributed by atoms with Crippen LogP contribution in [0, 0.1) is 20.8 Å². The van der Waals surface area contributed by atoms with Crippen molar-refractivity contribution in [3.63, 3.8) is 0 Å². The number of amides is 1. The molecule has 1 saturated heterocycles. The van der Waals surface area contributed by atoms with Gasteiger partial charge in [0.25, 0.3) is 0 Å². The van der Waals surface area contributed by atoms with Crippen molar-refractivity contribution < 1.29 is 4.79 Å². The number of anilines is 2. The summed E-state index contributed by atoms with van der Waals surface area (Å²) < 4.78 is 0. The van der Waals surface area contributed by atoms with E-state index in [2.05, 4.69) is 49.6 Å². The maximum atomic E-state index is 12.1. The molecule has 148 valence electrons. The maximum absolute atomic E-state index is 12.1. The molecule has 0 saturated carbocycles. The summed E-state index contributed by atoms with van der Waals surface area (Å²) in [4.78, 5) is 14.0. The van der Waals surface area contributed by atoms with E-state index in [0.717, 1.165) is 36.3 Å². The van der Waals surface area contributed by atoms with Crippen LogP contribution in [0.4, 0.5) is 11.4 Å². The van der Waals surface area contributed by atoms with Crippen molar-refractivity contribution in [1.29, 1.82) is 0 Å². The predicted molar refractivity (Wildman–Crippen MR) is 121 cm³/mol. The van der Waals surface area contributed by atoms with E-state index in [1.54, 1.807) is 0 Å². The first kappa shape index (κ1) is 20.3. The minimum atomic E-state index is 0.158. The zero-order valence-electron chi connectivity index (χ0n) is 17.1. The van der Waals surface area contributed by atoms with Crippen LogP contribution in [0.15, 0.2) is 36.4 Å². The van der Waals surface area contributed by atoms with E-state index in [1.165, 1.54) is 16.7 Å². The van der Waals surface area contributed by atoms with Gasteiger partial charge in [0.2, 0.25) is 5.91 Å². The Balaban J connectivity index is 1.72. The van der Waals surface area contributed by atoms with Crippen LogP contribution < -0.4 is 15.5 Å². The van der Waals surface area contributed by atoms with E-state index in [1.807, 2.05) is 30.0 Å². The van der Waals surface area contributed by atoms with Crippen molar-refractivity contribution in [3.05, 3.63) is 58.7 Å². The van der Waals surface area contributed by atoms with Gasteiger partial charge in [-0.1, -0.05) is 36.8 Å². The highest BCUT2D eigenvalue weighted by molar-refractivity contribution is 7.80. The van der Waals surface area contributed by atoms with Gasteiger partial charge < -0.3 is 15.5 Å². The van der Waals surface area contributed by atoms with E-state index in [4.69, 9.17) is 12.2 Å². The van der Waals surface area contributed by atoms with Crippen LogP contribution in [0.1, 0.15) is 54.5 Å². The number of rotatable bonds is 5. The zero-order valence-corrected chi connectivity index (χ0v) is 18.0. The van der Waals surface area contributed by atoms with Gasteiger partial charge in [0.05, 0.1) is 6.04 Å². The van der Waals surface area contributed by atoms with Gasteiger partial charge in [0.1, 0.15) is 0 Å². The molecule has 0 aromatic heterocycles. The minimum absolute atomic E-state index is 0.158. The fraction of sp³-hybridized carbons (Fsp3) is 0.391. The topological polar surface area (TPSA) is 44.4 Å². The molecule has 1 amide bonds. The Morgan fingerprint density at radius 2 is 1.93 bits per heavy atom. The molecule has 1 atom stereocenters. The molecule has 0 aliphatic carbocycles. The van der Waals surface area contributed by atoms with Gasteiger partial charge in [-0.25, -0.2) is 0 Å². The van der Waals surface area contributed by atoms with Crippen molar-refractivity contribution in [2.45, 2.75) is 53.0 Å². The molecule has 0 radical (unpaired) electrons. The summed E-state index contributed by atoms with van der Waals surface area (Å²) >= 11 is 5.58. The molecule has 2 aromatic carbocycles. The largest absolute Gasteiger partial charge is 0.356 e. The first-order valence-corrected chi connectivity index (χ1v) is 10.4. The van der Waals surface area contributed by atoms with Gasteiger partial charge in [0, 0.05) is 24.3 Å². The average molecular weight is 396 g/mol. The number of carbonyl (C=O) groups is 1. The lowest BCUT2D eigenvalue weighted by Crippen LogP contribution is -2.32. The molecule has 2 aromatic rings. The van der Waals surface area contributed by atoms with Gasteiger partial charge in [-0.15, -0.1) is 0 Å². The summed E-state index contributed by atoms with van der Waals surface area (Å²) in [6.45, 7) is 9.23. The summed E-state index contributed by atoms with van der Waals surface area (Å²) in [7, 11) is 0. The van der Waals surface area contributed by atoms with E-state index < -0.39 is 0 Å². The summed E-state index contributed by atoms with van der Waals surface area (Å²) in [5, 5.41) is 7.33. The lowest BCUT2D eigenvalue weighted by Gasteiger charge is -2.23. The maximum Gasteiger partial charge on any atom is 0.227 e. The standard InChI is InChI=1S/C23H29N3OS/c1-5-20(19-11-8-15(2)13-17(19)4)25-23(28)24-18-10-9-16(3)21(14-18)26-12-6-7-22(26)27/h8-11,13-14,20H,5-7,12H2,1-4H3,(H2,24,25,28)/t20-/m0/s1. The van der Waals surface area contributed by atoms with Crippen LogP contribution in [0.2, 0.25) is 0 Å². The highest BCUT2D eigenvalue weighted by Gasteiger charge is 2.23. The summed E-state index contributed by atoms with van der Waals surface area (Å²) in [5.74, 6) is 0.196.